The number of carbonyl (C=O) groups excluding carboxylic acids is 1. The van der Waals surface area contributed by atoms with E-state index in [1.54, 1.807) is 18.7 Å². The van der Waals surface area contributed by atoms with Crippen LogP contribution < -0.4 is 5.32 Å². The van der Waals surface area contributed by atoms with Crippen molar-refractivity contribution in [2.24, 2.45) is 0 Å². The molecule has 17 heavy (non-hydrogen) atoms. The summed E-state index contributed by atoms with van der Waals surface area (Å²) in [6, 6.07) is 1.99. The first-order valence-corrected chi connectivity index (χ1v) is 7.08. The summed E-state index contributed by atoms with van der Waals surface area (Å²) in [5.74, 6) is -1.78. The molecule has 0 bridgehead atoms. The Morgan fingerprint density at radius 2 is 2.00 bits per heavy atom. The highest BCUT2D eigenvalue weighted by atomic mass is 79.9. The number of hydrogen-bond acceptors (Lipinski definition) is 2. The highest BCUT2D eigenvalue weighted by Crippen LogP contribution is 2.19. The molecule has 2 nitrogen and oxygen atoms in total. The van der Waals surface area contributed by atoms with Crippen LogP contribution in [0.3, 0.4) is 0 Å². The smallest absolute Gasteiger partial charge is 0.257 e. The van der Waals surface area contributed by atoms with Gasteiger partial charge in [-0.3, -0.25) is 4.79 Å². The minimum absolute atomic E-state index is 0.139. The van der Waals surface area contributed by atoms with Crippen LogP contribution in [0.1, 0.15) is 17.3 Å². The average Bonchev–Trinajstić information content (AvgIpc) is 2.15. The first-order chi connectivity index (χ1) is 7.95. The summed E-state index contributed by atoms with van der Waals surface area (Å²) in [7, 11) is 0. The molecule has 6 heteroatoms. The Balaban J connectivity index is 2.89. The normalized spacial score (nSPS) is 12.3. The largest absolute Gasteiger partial charge is 0.349 e. The van der Waals surface area contributed by atoms with Gasteiger partial charge in [0.15, 0.2) is 0 Å². The fraction of sp³-hybridized carbons (Fsp3) is 0.364. The van der Waals surface area contributed by atoms with Crippen molar-refractivity contribution in [3.63, 3.8) is 0 Å². The van der Waals surface area contributed by atoms with Crippen molar-refractivity contribution in [2.75, 3.05) is 12.0 Å². The van der Waals surface area contributed by atoms with Crippen LogP contribution in [-0.2, 0) is 0 Å². The van der Waals surface area contributed by atoms with Crippen molar-refractivity contribution < 1.29 is 13.6 Å². The Hall–Kier alpha value is -0.620. The molecule has 1 amide bonds. The monoisotopic (exact) mass is 323 g/mol. The molecule has 0 unspecified atom stereocenters. The van der Waals surface area contributed by atoms with Gasteiger partial charge in [0, 0.05) is 16.3 Å². The van der Waals surface area contributed by atoms with E-state index < -0.39 is 23.1 Å². The summed E-state index contributed by atoms with van der Waals surface area (Å²) in [6.07, 6.45) is 1.89. The third kappa shape index (κ3) is 3.96. The lowest BCUT2D eigenvalue weighted by Crippen LogP contribution is -2.35. The minimum Gasteiger partial charge on any atom is -0.349 e. The van der Waals surface area contributed by atoms with Gasteiger partial charge in [0.1, 0.15) is 17.2 Å². The Morgan fingerprint density at radius 3 is 2.47 bits per heavy atom. The van der Waals surface area contributed by atoms with Crippen molar-refractivity contribution in [3.8, 4) is 0 Å². The molecule has 0 fully saturated rings. The van der Waals surface area contributed by atoms with Gasteiger partial charge in [0.2, 0.25) is 0 Å². The first kappa shape index (κ1) is 14.4. The van der Waals surface area contributed by atoms with E-state index in [9.17, 15) is 13.6 Å². The molecule has 94 valence electrons. The number of halogens is 3. The predicted octanol–water partition coefficient (Wildman–Crippen LogP) is 3.21. The summed E-state index contributed by atoms with van der Waals surface area (Å²) < 4.78 is 27.2. The molecular weight excluding hydrogens is 312 g/mol. The first-order valence-electron chi connectivity index (χ1n) is 4.90. The highest BCUT2D eigenvalue weighted by molar-refractivity contribution is 9.10. The fourth-order valence-corrected chi connectivity index (χ4v) is 2.33. The van der Waals surface area contributed by atoms with Crippen LogP contribution in [-0.4, -0.2) is 24.0 Å². The highest BCUT2D eigenvalue weighted by Gasteiger charge is 2.19. The zero-order valence-electron chi connectivity index (χ0n) is 9.39. The van der Waals surface area contributed by atoms with Gasteiger partial charge >= 0.3 is 0 Å². The third-order valence-electron chi connectivity index (χ3n) is 2.03. The van der Waals surface area contributed by atoms with Crippen molar-refractivity contribution in [1.29, 1.82) is 0 Å². The number of hydrogen-bond donors (Lipinski definition) is 1. The lowest BCUT2D eigenvalue weighted by Gasteiger charge is -2.13. The Kier molecular flexibility index (Phi) is 5.39. The number of amides is 1. The van der Waals surface area contributed by atoms with Crippen LogP contribution in [0, 0.1) is 11.6 Å². The van der Waals surface area contributed by atoms with Crippen molar-refractivity contribution >= 4 is 33.6 Å². The van der Waals surface area contributed by atoms with Crippen LogP contribution in [0.2, 0.25) is 0 Å². The minimum atomic E-state index is -0.870. The molecule has 1 aromatic carbocycles. The molecule has 1 atom stereocenters. The maximum atomic E-state index is 13.5. The maximum absolute atomic E-state index is 13.5. The Morgan fingerprint density at radius 1 is 1.47 bits per heavy atom. The number of nitrogens with one attached hydrogen (secondary N) is 1. The van der Waals surface area contributed by atoms with Crippen molar-refractivity contribution in [3.05, 3.63) is 33.8 Å². The molecule has 1 aromatic rings. The molecule has 0 heterocycles. The van der Waals surface area contributed by atoms with Gasteiger partial charge in [-0.05, 0) is 25.3 Å². The third-order valence-corrected chi connectivity index (χ3v) is 3.32. The van der Waals surface area contributed by atoms with Crippen LogP contribution in [0.5, 0.6) is 0 Å². The van der Waals surface area contributed by atoms with Gasteiger partial charge in [0.05, 0.1) is 0 Å². The van der Waals surface area contributed by atoms with E-state index in [0.29, 0.717) is 5.75 Å². The SMILES string of the molecule is CSC[C@@H](C)NC(=O)c1c(F)cc(Br)cc1F. The summed E-state index contributed by atoms with van der Waals surface area (Å²) in [5.41, 5.74) is -0.541. The quantitative estimate of drug-likeness (QED) is 0.921. The molecule has 0 aliphatic heterocycles. The molecule has 1 N–H and O–H groups in total. The zero-order chi connectivity index (χ0) is 13.0. The van der Waals surface area contributed by atoms with Gasteiger partial charge in [0.25, 0.3) is 5.91 Å². The van der Waals surface area contributed by atoms with Gasteiger partial charge in [-0.15, -0.1) is 0 Å². The Bertz CT molecular complexity index is 405. The fourth-order valence-electron chi connectivity index (χ4n) is 1.35. The van der Waals surface area contributed by atoms with E-state index in [4.69, 9.17) is 0 Å². The van der Waals surface area contributed by atoms with Crippen LogP contribution in [0.4, 0.5) is 8.78 Å². The van der Waals surface area contributed by atoms with Gasteiger partial charge in [-0.1, -0.05) is 15.9 Å². The molecule has 1 rings (SSSR count). The molecule has 0 aromatic heterocycles. The molecule has 0 saturated carbocycles. The van der Waals surface area contributed by atoms with E-state index >= 15 is 0 Å². The van der Waals surface area contributed by atoms with Gasteiger partial charge < -0.3 is 5.32 Å². The molecule has 0 radical (unpaired) electrons. The maximum Gasteiger partial charge on any atom is 0.257 e. The zero-order valence-corrected chi connectivity index (χ0v) is 11.8. The average molecular weight is 324 g/mol. The molecular formula is C11H12BrF2NOS. The number of benzene rings is 1. The van der Waals surface area contributed by atoms with Gasteiger partial charge in [-0.2, -0.15) is 11.8 Å². The van der Waals surface area contributed by atoms with Crippen LogP contribution in [0.15, 0.2) is 16.6 Å². The predicted molar refractivity (Wildman–Crippen MR) is 69.4 cm³/mol. The second kappa shape index (κ2) is 6.35. The lowest BCUT2D eigenvalue weighted by atomic mass is 10.1. The topological polar surface area (TPSA) is 29.1 Å². The van der Waals surface area contributed by atoms with Gasteiger partial charge in [-0.25, -0.2) is 8.78 Å². The van der Waals surface area contributed by atoms with Crippen molar-refractivity contribution in [1.82, 2.24) is 5.32 Å². The van der Waals surface area contributed by atoms with E-state index in [1.165, 1.54) is 0 Å². The number of carbonyl (C=O) groups is 1. The number of thioether (sulfide) groups is 1. The summed E-state index contributed by atoms with van der Waals surface area (Å²) >= 11 is 4.50. The Labute approximate surface area is 111 Å². The van der Waals surface area contributed by atoms with Crippen LogP contribution >= 0.6 is 27.7 Å². The summed E-state index contributed by atoms with van der Waals surface area (Å²) in [4.78, 5) is 11.7. The van der Waals surface area contributed by atoms with Crippen LogP contribution in [0.25, 0.3) is 0 Å². The molecule has 0 saturated heterocycles. The van der Waals surface area contributed by atoms with E-state index in [1.807, 2.05) is 6.26 Å². The number of rotatable bonds is 4. The van der Waals surface area contributed by atoms with E-state index in [0.717, 1.165) is 12.1 Å². The summed E-state index contributed by atoms with van der Waals surface area (Å²) in [6.45, 7) is 1.78. The second-order valence-electron chi connectivity index (χ2n) is 3.57. The standard InChI is InChI=1S/C11H12BrF2NOS/c1-6(5-17-2)15-11(16)10-8(13)3-7(12)4-9(10)14/h3-4,6H,5H2,1-2H3,(H,15,16)/t6-/m1/s1. The van der Waals surface area contributed by atoms with Crippen molar-refractivity contribution in [2.45, 2.75) is 13.0 Å². The molecule has 0 spiro atoms. The molecule has 0 aliphatic rings. The van der Waals surface area contributed by atoms with E-state index in [2.05, 4.69) is 21.2 Å². The second-order valence-corrected chi connectivity index (χ2v) is 5.40. The lowest BCUT2D eigenvalue weighted by molar-refractivity contribution is 0.0935. The summed E-state index contributed by atoms with van der Waals surface area (Å²) in [5, 5.41) is 2.54. The molecule has 0 aliphatic carbocycles. The van der Waals surface area contributed by atoms with E-state index in [-0.39, 0.29) is 10.5 Å².